The van der Waals surface area contributed by atoms with Crippen LogP contribution in [0.3, 0.4) is 0 Å². The van der Waals surface area contributed by atoms with E-state index >= 15 is 0 Å². The average molecular weight is 867 g/mol. The first kappa shape index (κ1) is 42.9. The zero-order valence-electron chi connectivity index (χ0n) is 36.1. The number of amides is 1. The van der Waals surface area contributed by atoms with Crippen molar-refractivity contribution in [2.24, 2.45) is 5.92 Å². The standard InChI is InChI=1S/C52H53F3N6O3/c1-3-42(38-11-5-4-6-12-38)49(43-22-21-41(62)29-34(43)2)39-19-17-36(18-20-39)37-24-26-59(27-25-37)32-35-23-28-60(33-35)51-57-46-15-9-7-13-44(46)47-30-40(58-61(47)51)31-56-50(63)45-14-8-10-16-48(45)64-52(53,54)55/h4-22,29-30,35,37,42,49,62H,3,23-28,31-33H2,1-2H3,(H,56,63). The second-order valence-electron chi connectivity index (χ2n) is 17.4. The number of likely N-dealkylation sites (tertiary alicyclic amines) is 1. The lowest BCUT2D eigenvalue weighted by atomic mass is 9.74. The number of nitrogens with zero attached hydrogens (tertiary/aromatic N) is 5. The summed E-state index contributed by atoms with van der Waals surface area (Å²) in [4.78, 5) is 23.1. The Labute approximate surface area is 371 Å². The molecule has 2 N–H and O–H groups in total. The normalized spacial score (nSPS) is 17.2. The van der Waals surface area contributed by atoms with E-state index in [4.69, 9.17) is 10.1 Å². The van der Waals surface area contributed by atoms with Gasteiger partial charge in [-0.3, -0.25) is 4.79 Å². The van der Waals surface area contributed by atoms with Crippen molar-refractivity contribution in [2.75, 3.05) is 37.6 Å². The number of rotatable bonds is 13. The second kappa shape index (κ2) is 18.4. The number of phenolic OH excluding ortho intramolecular Hbond substituents is 1. The zero-order valence-corrected chi connectivity index (χ0v) is 36.1. The lowest BCUT2D eigenvalue weighted by Gasteiger charge is -2.34. The molecular formula is C52H53F3N6O3. The van der Waals surface area contributed by atoms with E-state index in [-0.39, 0.29) is 18.0 Å². The Morgan fingerprint density at radius 3 is 2.34 bits per heavy atom. The SMILES string of the molecule is CCC(c1ccccc1)C(c1ccc(C2CCN(CC3CCN(c4nc5ccccc5c5cc(CNC(=O)c6ccccc6OC(F)(F)F)nn45)C3)CC2)cc1)c1ccc(O)cc1C. The van der Waals surface area contributed by atoms with Gasteiger partial charge in [-0.2, -0.15) is 9.61 Å². The molecule has 1 amide bonds. The smallest absolute Gasteiger partial charge is 0.508 e. The molecule has 0 bridgehead atoms. The molecule has 2 aliphatic heterocycles. The summed E-state index contributed by atoms with van der Waals surface area (Å²) in [6.07, 6.45) is -0.677. The molecule has 0 saturated carbocycles. The number of hydrogen-bond donors (Lipinski definition) is 2. The number of nitrogens with one attached hydrogen (secondary N) is 1. The summed E-state index contributed by atoms with van der Waals surface area (Å²) < 4.78 is 45.0. The number of anilines is 1. The highest BCUT2D eigenvalue weighted by Gasteiger charge is 2.34. The van der Waals surface area contributed by atoms with Crippen molar-refractivity contribution in [2.45, 2.75) is 70.2 Å². The van der Waals surface area contributed by atoms with E-state index in [9.17, 15) is 23.1 Å². The number of piperidine rings is 1. The molecular weight excluding hydrogens is 814 g/mol. The van der Waals surface area contributed by atoms with Gasteiger partial charge >= 0.3 is 6.36 Å². The Kier molecular flexibility index (Phi) is 12.3. The van der Waals surface area contributed by atoms with E-state index in [1.54, 1.807) is 0 Å². The van der Waals surface area contributed by atoms with E-state index in [1.807, 2.05) is 47.0 Å². The minimum Gasteiger partial charge on any atom is -0.508 e. The van der Waals surface area contributed by atoms with Gasteiger partial charge in [-0.25, -0.2) is 4.98 Å². The van der Waals surface area contributed by atoms with E-state index < -0.39 is 18.0 Å². The van der Waals surface area contributed by atoms with Crippen LogP contribution in [0.25, 0.3) is 16.4 Å². The first-order chi connectivity index (χ1) is 31.0. The van der Waals surface area contributed by atoms with Gasteiger partial charge in [0.2, 0.25) is 5.95 Å². The first-order valence-electron chi connectivity index (χ1n) is 22.3. The number of phenols is 1. The molecule has 330 valence electrons. The molecule has 2 aliphatic rings. The van der Waals surface area contributed by atoms with Crippen LogP contribution >= 0.6 is 0 Å². The Bertz CT molecular complexity index is 2730. The van der Waals surface area contributed by atoms with Gasteiger partial charge < -0.3 is 25.0 Å². The highest BCUT2D eigenvalue weighted by Crippen LogP contribution is 2.43. The first-order valence-corrected chi connectivity index (χ1v) is 22.3. The highest BCUT2D eigenvalue weighted by atomic mass is 19.4. The van der Waals surface area contributed by atoms with Gasteiger partial charge in [-0.1, -0.05) is 97.9 Å². The molecule has 12 heteroatoms. The van der Waals surface area contributed by atoms with Crippen molar-refractivity contribution in [3.8, 4) is 11.5 Å². The minimum absolute atomic E-state index is 0.00492. The molecule has 2 fully saturated rings. The summed E-state index contributed by atoms with van der Waals surface area (Å²) in [5.41, 5.74) is 8.40. The summed E-state index contributed by atoms with van der Waals surface area (Å²) in [6.45, 7) is 9.15. The lowest BCUT2D eigenvalue weighted by molar-refractivity contribution is -0.274. The third-order valence-electron chi connectivity index (χ3n) is 13.2. The van der Waals surface area contributed by atoms with Gasteiger partial charge in [0.05, 0.1) is 28.8 Å². The van der Waals surface area contributed by atoms with E-state index in [0.717, 1.165) is 92.4 Å². The van der Waals surface area contributed by atoms with Crippen LogP contribution in [0.2, 0.25) is 0 Å². The zero-order chi connectivity index (χ0) is 44.4. The van der Waals surface area contributed by atoms with Crippen LogP contribution in [-0.2, 0) is 6.54 Å². The third-order valence-corrected chi connectivity index (χ3v) is 13.2. The summed E-state index contributed by atoms with van der Waals surface area (Å²) in [5, 5.41) is 18.7. The van der Waals surface area contributed by atoms with Crippen LogP contribution in [0.1, 0.15) is 94.2 Å². The Balaban J connectivity index is 0.847. The molecule has 3 atom stereocenters. The van der Waals surface area contributed by atoms with Gasteiger partial charge in [0, 0.05) is 30.9 Å². The molecule has 4 heterocycles. The Morgan fingerprint density at radius 2 is 1.59 bits per heavy atom. The van der Waals surface area contributed by atoms with Crippen molar-refractivity contribution < 1.29 is 27.8 Å². The molecule has 7 aromatic rings. The van der Waals surface area contributed by atoms with Crippen LogP contribution in [0.5, 0.6) is 11.5 Å². The molecule has 9 rings (SSSR count). The molecule has 0 radical (unpaired) electrons. The van der Waals surface area contributed by atoms with Crippen LogP contribution < -0.4 is 15.0 Å². The van der Waals surface area contributed by atoms with Gasteiger partial charge in [0.1, 0.15) is 11.5 Å². The Morgan fingerprint density at radius 1 is 0.859 bits per heavy atom. The second-order valence-corrected chi connectivity index (χ2v) is 17.4. The number of ether oxygens (including phenoxy) is 1. The van der Waals surface area contributed by atoms with E-state index in [0.29, 0.717) is 29.2 Å². The van der Waals surface area contributed by atoms with E-state index in [1.165, 1.54) is 40.5 Å². The summed E-state index contributed by atoms with van der Waals surface area (Å²) in [5.74, 6) is 1.21. The average Bonchev–Trinajstić information content (AvgIpc) is 3.96. The number of carbonyl (C=O) groups excluding carboxylic acids is 1. The minimum atomic E-state index is -4.92. The largest absolute Gasteiger partial charge is 0.573 e. The predicted molar refractivity (Wildman–Crippen MR) is 244 cm³/mol. The number of para-hydroxylation sites is 2. The molecule has 5 aromatic carbocycles. The maximum absolute atomic E-state index is 13.1. The molecule has 2 aromatic heterocycles. The number of fused-ring (bicyclic) bond motifs is 3. The van der Waals surface area contributed by atoms with Crippen LogP contribution in [-0.4, -0.2) is 69.6 Å². The fourth-order valence-corrected chi connectivity index (χ4v) is 10.1. The number of hydrogen-bond acceptors (Lipinski definition) is 7. The molecule has 2 saturated heterocycles. The number of aryl methyl sites for hydroxylation is 1. The topological polar surface area (TPSA) is 95.2 Å². The van der Waals surface area contributed by atoms with Crippen molar-refractivity contribution in [3.63, 3.8) is 0 Å². The van der Waals surface area contributed by atoms with Gasteiger partial charge in [-0.05, 0) is 128 Å². The monoisotopic (exact) mass is 866 g/mol. The highest BCUT2D eigenvalue weighted by molar-refractivity contribution is 5.97. The fraction of sp³-hybridized carbons (Fsp3) is 0.327. The summed E-state index contributed by atoms with van der Waals surface area (Å²) >= 11 is 0. The number of halogens is 3. The van der Waals surface area contributed by atoms with Gasteiger partial charge in [0.15, 0.2) is 0 Å². The maximum Gasteiger partial charge on any atom is 0.573 e. The fourth-order valence-electron chi connectivity index (χ4n) is 10.1. The van der Waals surface area contributed by atoms with Crippen LogP contribution in [0, 0.1) is 12.8 Å². The molecule has 64 heavy (non-hydrogen) atoms. The third kappa shape index (κ3) is 9.29. The number of benzene rings is 5. The number of alkyl halides is 3. The van der Waals surface area contributed by atoms with Crippen molar-refractivity contribution in [1.82, 2.24) is 24.8 Å². The maximum atomic E-state index is 13.1. The number of aromatic hydroxyl groups is 1. The molecule has 0 aliphatic carbocycles. The molecule has 0 spiro atoms. The predicted octanol–water partition coefficient (Wildman–Crippen LogP) is 10.8. The van der Waals surface area contributed by atoms with Crippen LogP contribution in [0.15, 0.2) is 127 Å². The Hall–Kier alpha value is -6.40. The van der Waals surface area contributed by atoms with Crippen molar-refractivity contribution >= 4 is 28.3 Å². The van der Waals surface area contributed by atoms with Gasteiger partial charge in [0.25, 0.3) is 5.91 Å². The van der Waals surface area contributed by atoms with Gasteiger partial charge in [-0.15, -0.1) is 13.2 Å². The van der Waals surface area contributed by atoms with Crippen LogP contribution in [0.4, 0.5) is 19.1 Å². The van der Waals surface area contributed by atoms with E-state index in [2.05, 4.69) is 94.4 Å². The lowest BCUT2D eigenvalue weighted by Crippen LogP contribution is -2.37. The molecule has 3 unspecified atom stereocenters. The summed E-state index contributed by atoms with van der Waals surface area (Å²) in [7, 11) is 0. The summed E-state index contributed by atoms with van der Waals surface area (Å²) in [6, 6.07) is 41.0. The molecule has 9 nitrogen and oxygen atoms in total. The number of carbonyl (C=O) groups is 1. The quantitative estimate of drug-likeness (QED) is 0.119. The number of aromatic nitrogens is 3. The van der Waals surface area contributed by atoms with Crippen molar-refractivity contribution in [1.29, 1.82) is 0 Å². The van der Waals surface area contributed by atoms with Crippen molar-refractivity contribution in [3.05, 3.63) is 166 Å².